The van der Waals surface area contributed by atoms with Crippen LogP contribution in [-0.4, -0.2) is 12.1 Å². The van der Waals surface area contributed by atoms with Crippen molar-refractivity contribution in [3.05, 3.63) is 29.8 Å². The highest BCUT2D eigenvalue weighted by Gasteiger charge is 2.25. The van der Waals surface area contributed by atoms with Crippen LogP contribution in [0.3, 0.4) is 0 Å². The molecule has 4 N–H and O–H groups in total. The number of hydrogen-bond acceptors (Lipinski definition) is 2. The highest BCUT2D eigenvalue weighted by atomic mass is 16.2. The van der Waals surface area contributed by atoms with Crippen LogP contribution in [-0.2, 0) is 6.54 Å². The van der Waals surface area contributed by atoms with Gasteiger partial charge in [-0.25, -0.2) is 4.79 Å². The summed E-state index contributed by atoms with van der Waals surface area (Å²) >= 11 is 0. The largest absolute Gasteiger partial charge is 0.335 e. The number of carbonyl (C=O) groups excluding carboxylic acids is 1. The first kappa shape index (κ1) is 13.9. The molecular formula is C15H23N3O. The molecule has 1 aliphatic carbocycles. The second-order valence-corrected chi connectivity index (χ2v) is 5.28. The normalized spacial score (nSPS) is 15.9. The van der Waals surface area contributed by atoms with E-state index in [4.69, 9.17) is 5.73 Å². The van der Waals surface area contributed by atoms with Gasteiger partial charge in [0.15, 0.2) is 0 Å². The highest BCUT2D eigenvalue weighted by molar-refractivity contribution is 5.89. The summed E-state index contributed by atoms with van der Waals surface area (Å²) in [4.78, 5) is 11.9. The quantitative estimate of drug-likeness (QED) is 0.737. The number of rotatable bonds is 6. The molecule has 4 heteroatoms. The lowest BCUT2D eigenvalue weighted by molar-refractivity contribution is 0.246. The molecule has 0 bridgehead atoms. The Morgan fingerprint density at radius 2 is 2.05 bits per heavy atom. The lowest BCUT2D eigenvalue weighted by Gasteiger charge is -2.17. The lowest BCUT2D eigenvalue weighted by Crippen LogP contribution is -2.37. The topological polar surface area (TPSA) is 67.2 Å². The predicted molar refractivity (Wildman–Crippen MR) is 77.9 cm³/mol. The summed E-state index contributed by atoms with van der Waals surface area (Å²) in [6.07, 6.45) is 4.73. The summed E-state index contributed by atoms with van der Waals surface area (Å²) in [5.41, 5.74) is 7.40. The molecule has 0 aliphatic heterocycles. The zero-order valence-electron chi connectivity index (χ0n) is 11.5. The van der Waals surface area contributed by atoms with Crippen LogP contribution >= 0.6 is 0 Å². The van der Waals surface area contributed by atoms with Gasteiger partial charge in [0.1, 0.15) is 0 Å². The first-order valence-electron chi connectivity index (χ1n) is 7.07. The molecule has 1 atom stereocenters. The van der Waals surface area contributed by atoms with Gasteiger partial charge in [0.05, 0.1) is 0 Å². The molecule has 1 saturated carbocycles. The molecule has 2 amide bonds. The third kappa shape index (κ3) is 4.56. The van der Waals surface area contributed by atoms with E-state index in [1.807, 2.05) is 24.3 Å². The number of amides is 2. The number of nitrogens with one attached hydrogen (secondary N) is 2. The Kier molecular flexibility index (Phi) is 4.80. The van der Waals surface area contributed by atoms with Crippen molar-refractivity contribution in [3.63, 3.8) is 0 Å². The first-order chi connectivity index (χ1) is 9.21. The zero-order chi connectivity index (χ0) is 13.7. The van der Waals surface area contributed by atoms with Gasteiger partial charge in [-0.2, -0.15) is 0 Å². The van der Waals surface area contributed by atoms with E-state index in [0.717, 1.165) is 30.0 Å². The van der Waals surface area contributed by atoms with Crippen molar-refractivity contribution in [1.82, 2.24) is 5.32 Å². The van der Waals surface area contributed by atoms with Crippen LogP contribution in [0.5, 0.6) is 0 Å². The molecule has 1 aromatic rings. The fourth-order valence-corrected chi connectivity index (χ4v) is 2.16. The maximum Gasteiger partial charge on any atom is 0.319 e. The van der Waals surface area contributed by atoms with Crippen molar-refractivity contribution in [2.75, 3.05) is 5.32 Å². The molecular weight excluding hydrogens is 238 g/mol. The van der Waals surface area contributed by atoms with Crippen molar-refractivity contribution < 1.29 is 4.79 Å². The van der Waals surface area contributed by atoms with Crippen molar-refractivity contribution in [2.45, 2.75) is 45.2 Å². The second-order valence-electron chi connectivity index (χ2n) is 5.28. The number of benzene rings is 1. The van der Waals surface area contributed by atoms with E-state index in [1.54, 1.807) is 0 Å². The average Bonchev–Trinajstić information content (AvgIpc) is 3.22. The Balaban J connectivity index is 1.81. The molecule has 19 heavy (non-hydrogen) atoms. The highest BCUT2D eigenvalue weighted by Crippen LogP contribution is 2.34. The van der Waals surface area contributed by atoms with Gasteiger partial charge in [-0.05, 0) is 36.5 Å². The zero-order valence-corrected chi connectivity index (χ0v) is 11.5. The van der Waals surface area contributed by atoms with Crippen molar-refractivity contribution in [2.24, 2.45) is 11.7 Å². The standard InChI is InChI=1S/C15H23N3O/c1-2-13(9-11-3-4-11)17-15(19)18-14-7-5-12(10-16)6-8-14/h5-8,11,13H,2-4,9-10,16H2,1H3,(H2,17,18,19). The lowest BCUT2D eigenvalue weighted by atomic mass is 10.1. The maximum absolute atomic E-state index is 11.9. The van der Waals surface area contributed by atoms with Crippen molar-refractivity contribution in [1.29, 1.82) is 0 Å². The van der Waals surface area contributed by atoms with Crippen molar-refractivity contribution in [3.8, 4) is 0 Å². The van der Waals surface area contributed by atoms with E-state index < -0.39 is 0 Å². The molecule has 0 spiro atoms. The van der Waals surface area contributed by atoms with Gasteiger partial charge in [-0.15, -0.1) is 0 Å². The summed E-state index contributed by atoms with van der Waals surface area (Å²) in [7, 11) is 0. The maximum atomic E-state index is 11.9. The van der Waals surface area contributed by atoms with Crippen LogP contribution < -0.4 is 16.4 Å². The molecule has 0 heterocycles. The molecule has 0 saturated heterocycles. The molecule has 0 radical (unpaired) electrons. The van der Waals surface area contributed by atoms with Gasteiger partial charge in [0.2, 0.25) is 0 Å². The number of nitrogens with two attached hydrogens (primary N) is 1. The summed E-state index contributed by atoms with van der Waals surface area (Å²) in [6, 6.07) is 7.78. The molecule has 0 aromatic heterocycles. The third-order valence-corrected chi connectivity index (χ3v) is 3.59. The fraction of sp³-hybridized carbons (Fsp3) is 0.533. The molecule has 104 valence electrons. The van der Waals surface area contributed by atoms with Gasteiger partial charge in [-0.3, -0.25) is 0 Å². The molecule has 1 fully saturated rings. The van der Waals surface area contributed by atoms with E-state index >= 15 is 0 Å². The van der Waals surface area contributed by atoms with Crippen LogP contribution in [0, 0.1) is 5.92 Å². The van der Waals surface area contributed by atoms with E-state index in [2.05, 4.69) is 17.6 Å². The van der Waals surface area contributed by atoms with E-state index in [1.165, 1.54) is 12.8 Å². The number of hydrogen-bond donors (Lipinski definition) is 3. The Morgan fingerprint density at radius 3 is 2.58 bits per heavy atom. The fourth-order valence-electron chi connectivity index (χ4n) is 2.16. The molecule has 2 rings (SSSR count). The minimum Gasteiger partial charge on any atom is -0.335 e. The average molecular weight is 261 g/mol. The van der Waals surface area contributed by atoms with E-state index in [-0.39, 0.29) is 12.1 Å². The van der Waals surface area contributed by atoms with Crippen LogP contribution in [0.25, 0.3) is 0 Å². The molecule has 1 unspecified atom stereocenters. The smallest absolute Gasteiger partial charge is 0.319 e. The SMILES string of the molecule is CCC(CC1CC1)NC(=O)Nc1ccc(CN)cc1. The Bertz CT molecular complexity index is 412. The van der Waals surface area contributed by atoms with Crippen LogP contribution in [0.4, 0.5) is 10.5 Å². The first-order valence-corrected chi connectivity index (χ1v) is 7.07. The Morgan fingerprint density at radius 1 is 1.37 bits per heavy atom. The molecule has 1 aliphatic rings. The minimum absolute atomic E-state index is 0.118. The number of urea groups is 1. The summed E-state index contributed by atoms with van der Waals surface area (Å²) in [5, 5.41) is 5.90. The van der Waals surface area contributed by atoms with E-state index in [9.17, 15) is 4.79 Å². The monoisotopic (exact) mass is 261 g/mol. The third-order valence-electron chi connectivity index (χ3n) is 3.59. The summed E-state index contributed by atoms with van der Waals surface area (Å²) in [6.45, 7) is 2.63. The Hall–Kier alpha value is -1.55. The van der Waals surface area contributed by atoms with Crippen LogP contribution in [0.15, 0.2) is 24.3 Å². The number of anilines is 1. The van der Waals surface area contributed by atoms with Gasteiger partial charge in [0, 0.05) is 18.3 Å². The van der Waals surface area contributed by atoms with Gasteiger partial charge in [-0.1, -0.05) is 31.9 Å². The van der Waals surface area contributed by atoms with E-state index in [0.29, 0.717) is 6.54 Å². The summed E-state index contributed by atoms with van der Waals surface area (Å²) < 4.78 is 0. The summed E-state index contributed by atoms with van der Waals surface area (Å²) in [5.74, 6) is 0.828. The second kappa shape index (κ2) is 6.57. The van der Waals surface area contributed by atoms with Crippen LogP contribution in [0.1, 0.15) is 38.2 Å². The Labute approximate surface area is 114 Å². The van der Waals surface area contributed by atoms with Crippen molar-refractivity contribution >= 4 is 11.7 Å². The molecule has 4 nitrogen and oxygen atoms in total. The van der Waals surface area contributed by atoms with Gasteiger partial charge >= 0.3 is 6.03 Å². The predicted octanol–water partition coefficient (Wildman–Crippen LogP) is 2.85. The van der Waals surface area contributed by atoms with Gasteiger partial charge in [0.25, 0.3) is 0 Å². The van der Waals surface area contributed by atoms with Gasteiger partial charge < -0.3 is 16.4 Å². The molecule has 1 aromatic carbocycles. The number of carbonyl (C=O) groups is 1. The van der Waals surface area contributed by atoms with Crippen LogP contribution in [0.2, 0.25) is 0 Å². The minimum atomic E-state index is -0.118.